The summed E-state index contributed by atoms with van der Waals surface area (Å²) in [5, 5.41) is 11.8. The number of benzene rings is 1. The molecule has 0 radical (unpaired) electrons. The number of carboxylic acids is 1. The molecule has 2 aromatic rings. The van der Waals surface area contributed by atoms with Crippen LogP contribution in [0.4, 0.5) is 0 Å². The van der Waals surface area contributed by atoms with Crippen molar-refractivity contribution in [2.45, 2.75) is 6.92 Å². The summed E-state index contributed by atoms with van der Waals surface area (Å²) >= 11 is 7.48. The predicted molar refractivity (Wildman–Crippen MR) is 64.3 cm³/mol. The van der Waals surface area contributed by atoms with E-state index in [2.05, 4.69) is 4.98 Å². The number of thiazole rings is 1. The minimum atomic E-state index is -1.03. The molecule has 2 rings (SSSR count). The summed E-state index contributed by atoms with van der Waals surface area (Å²) in [5.74, 6) is -1.03. The Hall–Kier alpha value is -1.39. The topological polar surface area (TPSA) is 50.2 Å². The third-order valence-electron chi connectivity index (χ3n) is 2.08. The zero-order chi connectivity index (χ0) is 11.7. The van der Waals surface area contributed by atoms with Gasteiger partial charge in [-0.05, 0) is 13.0 Å². The van der Waals surface area contributed by atoms with Crippen molar-refractivity contribution in [1.82, 2.24) is 4.98 Å². The lowest BCUT2D eigenvalue weighted by atomic mass is 10.1. The maximum Gasteiger partial charge on any atom is 0.337 e. The molecule has 0 unspecified atom stereocenters. The van der Waals surface area contributed by atoms with E-state index in [0.717, 1.165) is 10.7 Å². The van der Waals surface area contributed by atoms with Gasteiger partial charge in [0.25, 0.3) is 0 Å². The maximum atomic E-state index is 10.9. The summed E-state index contributed by atoms with van der Waals surface area (Å²) < 4.78 is 0. The zero-order valence-electron chi connectivity index (χ0n) is 8.40. The molecule has 82 valence electrons. The largest absolute Gasteiger partial charge is 0.478 e. The molecule has 16 heavy (non-hydrogen) atoms. The van der Waals surface area contributed by atoms with Crippen molar-refractivity contribution < 1.29 is 9.90 Å². The van der Waals surface area contributed by atoms with Gasteiger partial charge < -0.3 is 5.11 Å². The van der Waals surface area contributed by atoms with Crippen LogP contribution in [0.2, 0.25) is 5.02 Å². The molecule has 0 fully saturated rings. The number of aromatic carboxylic acids is 1. The van der Waals surface area contributed by atoms with E-state index < -0.39 is 5.97 Å². The molecule has 0 aliphatic heterocycles. The van der Waals surface area contributed by atoms with E-state index in [1.807, 2.05) is 12.3 Å². The van der Waals surface area contributed by atoms with Crippen molar-refractivity contribution in [3.63, 3.8) is 0 Å². The summed E-state index contributed by atoms with van der Waals surface area (Å²) in [6.07, 6.45) is 0. The number of hydrogen-bond acceptors (Lipinski definition) is 3. The smallest absolute Gasteiger partial charge is 0.337 e. The summed E-state index contributed by atoms with van der Waals surface area (Å²) in [6.45, 7) is 1.88. The average Bonchev–Trinajstić information content (AvgIpc) is 2.64. The van der Waals surface area contributed by atoms with E-state index in [4.69, 9.17) is 16.7 Å². The second-order valence-electron chi connectivity index (χ2n) is 3.27. The third kappa shape index (κ3) is 1.94. The normalized spacial score (nSPS) is 10.4. The Kier molecular flexibility index (Phi) is 2.94. The van der Waals surface area contributed by atoms with E-state index in [9.17, 15) is 4.79 Å². The molecule has 0 saturated carbocycles. The van der Waals surface area contributed by atoms with Crippen LogP contribution in [0.15, 0.2) is 23.6 Å². The quantitative estimate of drug-likeness (QED) is 0.892. The number of carboxylic acid groups (broad SMARTS) is 1. The van der Waals surface area contributed by atoms with Gasteiger partial charge >= 0.3 is 5.97 Å². The van der Waals surface area contributed by atoms with Gasteiger partial charge in [-0.15, -0.1) is 11.3 Å². The highest BCUT2D eigenvalue weighted by atomic mass is 35.5. The van der Waals surface area contributed by atoms with E-state index in [0.29, 0.717) is 5.56 Å². The van der Waals surface area contributed by atoms with Crippen LogP contribution in [0.25, 0.3) is 10.6 Å². The van der Waals surface area contributed by atoms with Crippen LogP contribution in [-0.4, -0.2) is 16.1 Å². The van der Waals surface area contributed by atoms with Crippen LogP contribution in [0.1, 0.15) is 16.1 Å². The minimum absolute atomic E-state index is 0.104. The first-order valence-corrected chi connectivity index (χ1v) is 5.79. The molecule has 0 bridgehead atoms. The van der Waals surface area contributed by atoms with E-state index >= 15 is 0 Å². The predicted octanol–water partition coefficient (Wildman–Crippen LogP) is 3.47. The summed E-state index contributed by atoms with van der Waals surface area (Å²) in [7, 11) is 0. The van der Waals surface area contributed by atoms with Crippen molar-refractivity contribution in [3.05, 3.63) is 39.9 Å². The Labute approximate surface area is 101 Å². The van der Waals surface area contributed by atoms with Gasteiger partial charge in [0.2, 0.25) is 0 Å². The average molecular weight is 254 g/mol. The minimum Gasteiger partial charge on any atom is -0.478 e. The van der Waals surface area contributed by atoms with Gasteiger partial charge in [0, 0.05) is 16.6 Å². The van der Waals surface area contributed by atoms with Crippen LogP contribution >= 0.6 is 22.9 Å². The van der Waals surface area contributed by atoms with Crippen LogP contribution in [0.5, 0.6) is 0 Å². The Morgan fingerprint density at radius 2 is 2.25 bits per heavy atom. The van der Waals surface area contributed by atoms with Crippen LogP contribution in [-0.2, 0) is 0 Å². The standard InChI is InChI=1S/C11H8ClNO2S/c1-6-5-16-10(13-6)7-3-2-4-8(9(7)12)11(14)15/h2-5H,1H3,(H,14,15). The van der Waals surface area contributed by atoms with Gasteiger partial charge in [0.15, 0.2) is 0 Å². The fourth-order valence-electron chi connectivity index (χ4n) is 1.34. The lowest BCUT2D eigenvalue weighted by molar-refractivity contribution is 0.0697. The fraction of sp³-hybridized carbons (Fsp3) is 0.0909. The molecule has 5 heteroatoms. The Bertz CT molecular complexity index is 551. The zero-order valence-corrected chi connectivity index (χ0v) is 9.97. The SMILES string of the molecule is Cc1csc(-c2cccc(C(=O)O)c2Cl)n1. The Balaban J connectivity index is 2.58. The molecule has 0 atom stereocenters. The molecule has 0 aliphatic rings. The Morgan fingerprint density at radius 3 is 2.81 bits per heavy atom. The molecule has 1 aromatic heterocycles. The lowest BCUT2D eigenvalue weighted by Crippen LogP contribution is -1.98. The van der Waals surface area contributed by atoms with E-state index in [1.54, 1.807) is 12.1 Å². The van der Waals surface area contributed by atoms with Gasteiger partial charge in [-0.2, -0.15) is 0 Å². The first kappa shape index (κ1) is 11.1. The molecule has 3 nitrogen and oxygen atoms in total. The molecule has 1 heterocycles. The number of hydrogen-bond donors (Lipinski definition) is 1. The van der Waals surface area contributed by atoms with Gasteiger partial charge in [-0.1, -0.05) is 23.7 Å². The molecule has 0 saturated heterocycles. The number of rotatable bonds is 2. The van der Waals surface area contributed by atoms with Crippen molar-refractivity contribution >= 4 is 28.9 Å². The molecule has 0 spiro atoms. The number of nitrogens with zero attached hydrogens (tertiary/aromatic N) is 1. The number of aromatic nitrogens is 1. The molecule has 1 aromatic carbocycles. The highest BCUT2D eigenvalue weighted by Crippen LogP contribution is 2.32. The Morgan fingerprint density at radius 1 is 1.50 bits per heavy atom. The summed E-state index contributed by atoms with van der Waals surface area (Å²) in [6, 6.07) is 4.92. The second-order valence-corrected chi connectivity index (χ2v) is 4.50. The van der Waals surface area contributed by atoms with Crippen molar-refractivity contribution in [2.75, 3.05) is 0 Å². The summed E-state index contributed by atoms with van der Waals surface area (Å²) in [4.78, 5) is 15.2. The molecular weight excluding hydrogens is 246 g/mol. The van der Waals surface area contributed by atoms with E-state index in [-0.39, 0.29) is 10.6 Å². The van der Waals surface area contributed by atoms with E-state index in [1.165, 1.54) is 17.4 Å². The monoisotopic (exact) mass is 253 g/mol. The van der Waals surface area contributed by atoms with Crippen molar-refractivity contribution in [3.8, 4) is 10.6 Å². The second kappa shape index (κ2) is 4.23. The van der Waals surface area contributed by atoms with Crippen LogP contribution < -0.4 is 0 Å². The van der Waals surface area contributed by atoms with Crippen LogP contribution in [0, 0.1) is 6.92 Å². The van der Waals surface area contributed by atoms with Crippen LogP contribution in [0.3, 0.4) is 0 Å². The molecular formula is C11H8ClNO2S. The first-order valence-electron chi connectivity index (χ1n) is 4.54. The van der Waals surface area contributed by atoms with Crippen molar-refractivity contribution in [2.24, 2.45) is 0 Å². The fourth-order valence-corrected chi connectivity index (χ4v) is 2.52. The first-order chi connectivity index (χ1) is 7.59. The summed E-state index contributed by atoms with van der Waals surface area (Å²) in [5.41, 5.74) is 1.67. The van der Waals surface area contributed by atoms with Gasteiger partial charge in [0.1, 0.15) is 5.01 Å². The molecule has 0 aliphatic carbocycles. The highest BCUT2D eigenvalue weighted by molar-refractivity contribution is 7.13. The van der Waals surface area contributed by atoms with Crippen molar-refractivity contribution in [1.29, 1.82) is 0 Å². The van der Waals surface area contributed by atoms with Gasteiger partial charge in [-0.3, -0.25) is 0 Å². The molecule has 0 amide bonds. The highest BCUT2D eigenvalue weighted by Gasteiger charge is 2.14. The number of halogens is 1. The molecule has 1 N–H and O–H groups in total. The number of carbonyl (C=O) groups is 1. The van der Waals surface area contributed by atoms with Gasteiger partial charge in [0.05, 0.1) is 10.6 Å². The number of aryl methyl sites for hydroxylation is 1. The third-order valence-corrected chi connectivity index (χ3v) is 3.48. The maximum absolute atomic E-state index is 10.9. The van der Waals surface area contributed by atoms with Gasteiger partial charge in [-0.25, -0.2) is 9.78 Å². The lowest BCUT2D eigenvalue weighted by Gasteiger charge is -2.03.